The van der Waals surface area contributed by atoms with Gasteiger partial charge in [-0.3, -0.25) is 9.69 Å². The molecule has 7 heteroatoms. The van der Waals surface area contributed by atoms with Gasteiger partial charge in [0, 0.05) is 42.1 Å². The summed E-state index contributed by atoms with van der Waals surface area (Å²) in [6, 6.07) is 7.53. The molecule has 2 aliphatic rings. The van der Waals surface area contributed by atoms with Crippen LogP contribution in [0.15, 0.2) is 28.7 Å². The predicted octanol–water partition coefficient (Wildman–Crippen LogP) is 3.15. The van der Waals surface area contributed by atoms with Gasteiger partial charge >= 0.3 is 5.97 Å². The lowest BCUT2D eigenvalue weighted by Gasteiger charge is -2.32. The molecule has 0 aliphatic carbocycles. The Morgan fingerprint density at radius 1 is 1.21 bits per heavy atom. The minimum absolute atomic E-state index is 0.119. The van der Waals surface area contributed by atoms with Crippen molar-refractivity contribution in [3.63, 3.8) is 0 Å². The van der Waals surface area contributed by atoms with Crippen molar-refractivity contribution in [2.45, 2.75) is 32.4 Å². The minimum Gasteiger partial charge on any atom is -0.460 e. The van der Waals surface area contributed by atoms with Gasteiger partial charge in [0.1, 0.15) is 5.58 Å². The molecule has 1 aromatic carbocycles. The molecule has 0 spiro atoms. The second-order valence-electron chi connectivity index (χ2n) is 7.19. The van der Waals surface area contributed by atoms with Crippen LogP contribution in [0.3, 0.4) is 0 Å². The van der Waals surface area contributed by atoms with Crippen molar-refractivity contribution in [2.75, 3.05) is 37.7 Å². The molecule has 0 saturated carbocycles. The van der Waals surface area contributed by atoms with E-state index in [4.69, 9.17) is 9.15 Å². The molecule has 150 valence electrons. The summed E-state index contributed by atoms with van der Waals surface area (Å²) in [6.45, 7) is 5.11. The molecule has 2 aliphatic heterocycles. The number of carbonyl (C=O) groups excluding carboxylic acids is 2. The van der Waals surface area contributed by atoms with Crippen molar-refractivity contribution < 1.29 is 18.7 Å². The summed E-state index contributed by atoms with van der Waals surface area (Å²) >= 11 is 1.90. The number of fused-ring (bicyclic) bond motifs is 1. The minimum atomic E-state index is -0.441. The highest BCUT2D eigenvalue weighted by Crippen LogP contribution is 2.31. The Kier molecular flexibility index (Phi) is 5.92. The van der Waals surface area contributed by atoms with Crippen LogP contribution in [0.4, 0.5) is 0 Å². The van der Waals surface area contributed by atoms with E-state index in [2.05, 4.69) is 4.90 Å². The summed E-state index contributed by atoms with van der Waals surface area (Å²) in [6.07, 6.45) is 1.86. The van der Waals surface area contributed by atoms with Crippen LogP contribution in [0, 0.1) is 0 Å². The standard InChI is InChI=1S/C21H26N2O4S/c1-2-26-21(25)19-16(15-6-3-4-8-18(15)27-19)14-23-9-5-7-17(23)20(24)22-10-12-28-13-11-22/h3-4,6,8,17H,2,5,7,9-14H2,1H3. The SMILES string of the molecule is CCOC(=O)c1oc2ccccc2c1CN1CCCC1C(=O)N1CCSCC1. The monoisotopic (exact) mass is 402 g/mol. The van der Waals surface area contributed by atoms with Gasteiger partial charge in [-0.1, -0.05) is 18.2 Å². The van der Waals surface area contributed by atoms with Crippen molar-refractivity contribution >= 4 is 34.6 Å². The van der Waals surface area contributed by atoms with Gasteiger partial charge in [0.2, 0.25) is 11.7 Å². The number of hydrogen-bond donors (Lipinski definition) is 0. The fraction of sp³-hybridized carbons (Fsp3) is 0.524. The lowest BCUT2D eigenvalue weighted by molar-refractivity contribution is -0.135. The molecular formula is C21H26N2O4S. The van der Waals surface area contributed by atoms with E-state index < -0.39 is 5.97 Å². The number of furan rings is 1. The topological polar surface area (TPSA) is 63.0 Å². The Morgan fingerprint density at radius 2 is 2.00 bits per heavy atom. The van der Waals surface area contributed by atoms with E-state index in [0.717, 1.165) is 54.9 Å². The van der Waals surface area contributed by atoms with Gasteiger partial charge in [0.15, 0.2) is 0 Å². The average Bonchev–Trinajstić information content (AvgIpc) is 3.34. The van der Waals surface area contributed by atoms with E-state index in [1.165, 1.54) is 0 Å². The van der Waals surface area contributed by atoms with Crippen molar-refractivity contribution in [1.82, 2.24) is 9.80 Å². The van der Waals surface area contributed by atoms with Gasteiger partial charge in [-0.05, 0) is 32.4 Å². The molecule has 3 heterocycles. The first-order valence-corrected chi connectivity index (χ1v) is 11.1. The molecule has 1 unspecified atom stereocenters. The fourth-order valence-corrected chi connectivity index (χ4v) is 5.01. The van der Waals surface area contributed by atoms with E-state index >= 15 is 0 Å². The molecule has 1 atom stereocenters. The van der Waals surface area contributed by atoms with Gasteiger partial charge in [0.05, 0.1) is 12.6 Å². The summed E-state index contributed by atoms with van der Waals surface area (Å²) < 4.78 is 11.0. The van der Waals surface area contributed by atoms with Crippen molar-refractivity contribution in [3.8, 4) is 0 Å². The number of amides is 1. The van der Waals surface area contributed by atoms with Gasteiger partial charge < -0.3 is 14.1 Å². The third kappa shape index (κ3) is 3.78. The Balaban J connectivity index is 1.60. The highest BCUT2D eigenvalue weighted by Gasteiger charge is 2.35. The number of thioether (sulfide) groups is 1. The number of esters is 1. The molecule has 0 N–H and O–H groups in total. The van der Waals surface area contributed by atoms with E-state index in [9.17, 15) is 9.59 Å². The highest BCUT2D eigenvalue weighted by atomic mass is 32.2. The summed E-state index contributed by atoms with van der Waals surface area (Å²) in [5.41, 5.74) is 1.50. The summed E-state index contributed by atoms with van der Waals surface area (Å²) in [4.78, 5) is 29.7. The molecule has 2 fully saturated rings. The maximum absolute atomic E-state index is 13.1. The number of benzene rings is 1. The number of carbonyl (C=O) groups is 2. The molecule has 2 saturated heterocycles. The summed E-state index contributed by atoms with van der Waals surface area (Å²) in [5.74, 6) is 2.07. The van der Waals surface area contributed by atoms with Crippen LogP contribution >= 0.6 is 11.8 Å². The fourth-order valence-electron chi connectivity index (χ4n) is 4.11. The largest absolute Gasteiger partial charge is 0.460 e. The number of ether oxygens (including phenoxy) is 1. The second kappa shape index (κ2) is 8.57. The molecule has 6 nitrogen and oxygen atoms in total. The quantitative estimate of drug-likeness (QED) is 0.716. The second-order valence-corrected chi connectivity index (χ2v) is 8.42. The molecule has 0 radical (unpaired) electrons. The van der Waals surface area contributed by atoms with Gasteiger partial charge in [-0.2, -0.15) is 11.8 Å². The number of para-hydroxylation sites is 1. The number of likely N-dealkylation sites (tertiary alicyclic amines) is 1. The first-order chi connectivity index (χ1) is 13.7. The first kappa shape index (κ1) is 19.3. The van der Waals surface area contributed by atoms with Gasteiger partial charge in [0.25, 0.3) is 0 Å². The van der Waals surface area contributed by atoms with Gasteiger partial charge in [-0.15, -0.1) is 0 Å². The lowest BCUT2D eigenvalue weighted by Crippen LogP contribution is -2.48. The zero-order chi connectivity index (χ0) is 19.5. The third-order valence-electron chi connectivity index (χ3n) is 5.49. The predicted molar refractivity (Wildman–Crippen MR) is 110 cm³/mol. The van der Waals surface area contributed by atoms with Crippen LogP contribution in [0.5, 0.6) is 0 Å². The molecule has 1 amide bonds. The van der Waals surface area contributed by atoms with Crippen LogP contribution in [0.25, 0.3) is 11.0 Å². The van der Waals surface area contributed by atoms with E-state index in [1.807, 2.05) is 40.9 Å². The normalized spacial score (nSPS) is 20.6. The molecule has 4 rings (SSSR count). The van der Waals surface area contributed by atoms with E-state index in [-0.39, 0.29) is 17.7 Å². The maximum Gasteiger partial charge on any atom is 0.374 e. The Labute approximate surface area is 169 Å². The zero-order valence-electron chi connectivity index (χ0n) is 16.2. The lowest BCUT2D eigenvalue weighted by atomic mass is 10.1. The average molecular weight is 403 g/mol. The molecule has 1 aromatic heterocycles. The van der Waals surface area contributed by atoms with E-state index in [0.29, 0.717) is 18.7 Å². The number of hydrogen-bond acceptors (Lipinski definition) is 6. The molecule has 2 aromatic rings. The Bertz CT molecular complexity index is 859. The molecule has 28 heavy (non-hydrogen) atoms. The van der Waals surface area contributed by atoms with Crippen molar-refractivity contribution in [2.24, 2.45) is 0 Å². The third-order valence-corrected chi connectivity index (χ3v) is 6.43. The molecule has 0 bridgehead atoms. The Morgan fingerprint density at radius 3 is 2.79 bits per heavy atom. The van der Waals surface area contributed by atoms with Crippen LogP contribution < -0.4 is 0 Å². The van der Waals surface area contributed by atoms with Crippen molar-refractivity contribution in [1.29, 1.82) is 0 Å². The van der Waals surface area contributed by atoms with Crippen LogP contribution in [-0.2, 0) is 16.1 Å². The highest BCUT2D eigenvalue weighted by molar-refractivity contribution is 7.99. The zero-order valence-corrected chi connectivity index (χ0v) is 17.0. The van der Waals surface area contributed by atoms with Crippen LogP contribution in [-0.4, -0.2) is 65.5 Å². The van der Waals surface area contributed by atoms with Crippen LogP contribution in [0.1, 0.15) is 35.9 Å². The van der Waals surface area contributed by atoms with Gasteiger partial charge in [-0.25, -0.2) is 4.79 Å². The molecular weight excluding hydrogens is 376 g/mol. The van der Waals surface area contributed by atoms with Crippen molar-refractivity contribution in [3.05, 3.63) is 35.6 Å². The first-order valence-electron chi connectivity index (χ1n) is 9.97. The van der Waals surface area contributed by atoms with E-state index in [1.54, 1.807) is 6.92 Å². The maximum atomic E-state index is 13.1. The number of nitrogens with zero attached hydrogens (tertiary/aromatic N) is 2. The smallest absolute Gasteiger partial charge is 0.374 e. The van der Waals surface area contributed by atoms with Crippen LogP contribution in [0.2, 0.25) is 0 Å². The Hall–Kier alpha value is -1.99. The number of rotatable bonds is 5. The summed E-state index contributed by atoms with van der Waals surface area (Å²) in [7, 11) is 0. The summed E-state index contributed by atoms with van der Waals surface area (Å²) in [5, 5.41) is 0.915.